The van der Waals surface area contributed by atoms with Crippen LogP contribution in [0.25, 0.3) is 10.8 Å². The highest BCUT2D eigenvalue weighted by atomic mass is 16.6. The van der Waals surface area contributed by atoms with E-state index in [1.165, 1.54) is 0 Å². The van der Waals surface area contributed by atoms with Crippen molar-refractivity contribution in [3.05, 3.63) is 46.5 Å². The second kappa shape index (κ2) is 14.0. The molecule has 320 valence electrons. The van der Waals surface area contributed by atoms with E-state index in [0.29, 0.717) is 36.5 Å². The summed E-state index contributed by atoms with van der Waals surface area (Å²) in [7, 11) is 0. The highest BCUT2D eigenvalue weighted by Crippen LogP contribution is 2.51. The van der Waals surface area contributed by atoms with Crippen molar-refractivity contribution in [2.45, 2.75) is 196 Å². The molecule has 6 rings (SSSR count). The van der Waals surface area contributed by atoms with Gasteiger partial charge < -0.3 is 29.6 Å². The summed E-state index contributed by atoms with van der Waals surface area (Å²) < 4.78 is 25.0. The normalized spacial score (nSPS) is 29.2. The average Bonchev–Trinajstić information content (AvgIpc) is 3.56. The molecule has 0 amide bonds. The molecule has 2 saturated heterocycles. The van der Waals surface area contributed by atoms with Gasteiger partial charge in [0.05, 0.1) is 33.3 Å². The minimum Gasteiger partial charge on any atom is -0.458 e. The summed E-state index contributed by atoms with van der Waals surface area (Å²) in [5.74, 6) is -2.63. The number of hydrogen-bond acceptors (Lipinski definition) is 10. The van der Waals surface area contributed by atoms with Crippen LogP contribution >= 0.6 is 0 Å². The van der Waals surface area contributed by atoms with Crippen molar-refractivity contribution >= 4 is 34.6 Å². The zero-order valence-corrected chi connectivity index (χ0v) is 38.1. The summed E-state index contributed by atoms with van der Waals surface area (Å²) in [6, 6.07) is 6.34. The van der Waals surface area contributed by atoms with Crippen LogP contribution in [0.1, 0.15) is 191 Å². The molecule has 58 heavy (non-hydrogen) atoms. The Morgan fingerprint density at radius 2 is 0.690 bits per heavy atom. The third-order valence-corrected chi connectivity index (χ3v) is 13.4. The van der Waals surface area contributed by atoms with Gasteiger partial charge in [0, 0.05) is 34.7 Å². The predicted molar refractivity (Wildman–Crippen MR) is 226 cm³/mol. The van der Waals surface area contributed by atoms with Gasteiger partial charge in [-0.2, -0.15) is 0 Å². The summed E-state index contributed by atoms with van der Waals surface area (Å²) in [4.78, 5) is 57.5. The van der Waals surface area contributed by atoms with Gasteiger partial charge in [-0.05, 0) is 127 Å². The Morgan fingerprint density at radius 1 is 0.431 bits per heavy atom. The second-order valence-electron chi connectivity index (χ2n) is 23.7. The van der Waals surface area contributed by atoms with E-state index < -0.39 is 47.2 Å². The Bertz CT molecular complexity index is 1740. The first-order chi connectivity index (χ1) is 26.2. The Balaban J connectivity index is 1.46. The SMILES string of the molecule is CC1(C)CC(OC(=O)c2cc3cc(C(=O)OC4CC(C)(C)CC4(C)C)c(C(=O)OC4CC(C)(C)NC4(C)C)cc3cc2C(=O)OC2CC(C)(C)NC2(C)C)C(C)(C)C1. The van der Waals surface area contributed by atoms with Crippen LogP contribution in [0.15, 0.2) is 24.3 Å². The van der Waals surface area contributed by atoms with Crippen LogP contribution in [0.4, 0.5) is 0 Å². The molecule has 2 heterocycles. The lowest BCUT2D eigenvalue weighted by Crippen LogP contribution is -2.47. The number of carbonyl (C=O) groups excluding carboxylic acids is 4. The first-order valence-electron chi connectivity index (χ1n) is 21.3. The average molecular weight is 803 g/mol. The Kier molecular flexibility index (Phi) is 10.7. The lowest BCUT2D eigenvalue weighted by Gasteiger charge is -2.29. The number of hydrogen-bond donors (Lipinski definition) is 2. The molecule has 2 aliphatic heterocycles. The monoisotopic (exact) mass is 803 g/mol. The summed E-state index contributed by atoms with van der Waals surface area (Å²) in [6.07, 6.45) is 2.52. The van der Waals surface area contributed by atoms with Crippen LogP contribution in [-0.4, -0.2) is 70.4 Å². The fourth-order valence-corrected chi connectivity index (χ4v) is 11.4. The second-order valence-corrected chi connectivity index (χ2v) is 23.7. The van der Waals surface area contributed by atoms with Gasteiger partial charge in [0.25, 0.3) is 0 Å². The molecule has 0 spiro atoms. The van der Waals surface area contributed by atoms with Crippen molar-refractivity contribution in [2.75, 3.05) is 0 Å². The van der Waals surface area contributed by atoms with Gasteiger partial charge in [-0.3, -0.25) is 0 Å². The maximum Gasteiger partial charge on any atom is 0.339 e. The highest BCUT2D eigenvalue weighted by Gasteiger charge is 2.50. The maximum absolute atomic E-state index is 14.4. The zero-order chi connectivity index (χ0) is 43.4. The maximum atomic E-state index is 14.4. The van der Waals surface area contributed by atoms with Crippen molar-refractivity contribution in [1.29, 1.82) is 0 Å². The molecular formula is C48H70N2O8. The van der Waals surface area contributed by atoms with E-state index >= 15 is 0 Å². The Labute approximate surface area is 346 Å². The van der Waals surface area contributed by atoms with Gasteiger partial charge in [0.1, 0.15) is 24.4 Å². The predicted octanol–water partition coefficient (Wildman–Crippen LogP) is 9.73. The minimum atomic E-state index is -0.669. The smallest absolute Gasteiger partial charge is 0.339 e. The number of esters is 4. The molecule has 2 aromatic carbocycles. The van der Waals surface area contributed by atoms with Crippen molar-refractivity contribution in [1.82, 2.24) is 10.6 Å². The lowest BCUT2D eigenvalue weighted by molar-refractivity contribution is 0.00249. The largest absolute Gasteiger partial charge is 0.458 e. The summed E-state index contributed by atoms with van der Waals surface area (Å²) >= 11 is 0. The summed E-state index contributed by atoms with van der Waals surface area (Å²) in [5, 5.41) is 8.04. The third kappa shape index (κ3) is 8.98. The van der Waals surface area contributed by atoms with E-state index in [2.05, 4.69) is 93.7 Å². The van der Waals surface area contributed by atoms with Gasteiger partial charge in [0.15, 0.2) is 0 Å². The molecule has 2 aromatic rings. The van der Waals surface area contributed by atoms with Gasteiger partial charge in [-0.15, -0.1) is 0 Å². The molecule has 2 aliphatic carbocycles. The zero-order valence-electron chi connectivity index (χ0n) is 38.1. The summed E-state index contributed by atoms with van der Waals surface area (Å²) in [6.45, 7) is 33.3. The van der Waals surface area contributed by atoms with E-state index in [9.17, 15) is 19.2 Å². The number of fused-ring (bicyclic) bond motifs is 1. The molecule has 0 bridgehead atoms. The molecule has 2 saturated carbocycles. The number of nitrogens with one attached hydrogen (secondary N) is 2. The molecule has 10 nitrogen and oxygen atoms in total. The molecular weight excluding hydrogens is 733 g/mol. The fraction of sp³-hybridized carbons (Fsp3) is 0.708. The number of ether oxygens (including phenoxy) is 4. The van der Waals surface area contributed by atoms with Crippen LogP contribution < -0.4 is 10.6 Å². The lowest BCUT2D eigenvalue weighted by atomic mass is 9.84. The van der Waals surface area contributed by atoms with Crippen LogP contribution in [0.2, 0.25) is 0 Å². The molecule has 4 fully saturated rings. The Hall–Kier alpha value is -3.50. The number of benzene rings is 2. The first-order valence-corrected chi connectivity index (χ1v) is 21.3. The van der Waals surface area contributed by atoms with Crippen LogP contribution in [0.5, 0.6) is 0 Å². The van der Waals surface area contributed by atoms with Crippen molar-refractivity contribution in [2.24, 2.45) is 21.7 Å². The molecule has 4 atom stereocenters. The molecule has 4 aliphatic rings. The van der Waals surface area contributed by atoms with E-state index in [-0.39, 0.29) is 67.2 Å². The van der Waals surface area contributed by atoms with E-state index in [0.717, 1.165) is 12.8 Å². The third-order valence-electron chi connectivity index (χ3n) is 13.4. The van der Waals surface area contributed by atoms with Crippen LogP contribution in [0.3, 0.4) is 0 Å². The number of rotatable bonds is 8. The van der Waals surface area contributed by atoms with Crippen molar-refractivity contribution in [3.63, 3.8) is 0 Å². The molecule has 2 N–H and O–H groups in total. The van der Waals surface area contributed by atoms with Gasteiger partial charge in [-0.25, -0.2) is 19.2 Å². The van der Waals surface area contributed by atoms with Crippen LogP contribution in [-0.2, 0) is 18.9 Å². The van der Waals surface area contributed by atoms with E-state index in [4.69, 9.17) is 18.9 Å². The topological polar surface area (TPSA) is 129 Å². The van der Waals surface area contributed by atoms with Crippen molar-refractivity contribution < 1.29 is 38.1 Å². The minimum absolute atomic E-state index is 0.0283. The standard InChI is InChI=1S/C48H70N2O8/c1-41(2)21-33(43(5,6)25-41)55-37(51)29-17-27-18-30(38(52)56-34-22-42(3,4)26-44(34,7)8)32(40(54)58-36-24-46(11,12)50-48(36,15)16)20-28(27)19-31(29)39(53)57-35-23-45(9,10)49-47(35,13)14/h17-20,33-36,49-50H,21-26H2,1-16H3. The number of carbonyl (C=O) groups is 4. The van der Waals surface area contributed by atoms with Gasteiger partial charge in [0.2, 0.25) is 0 Å². The summed E-state index contributed by atoms with van der Waals surface area (Å²) in [5.41, 5.74) is -2.10. The van der Waals surface area contributed by atoms with Gasteiger partial charge >= 0.3 is 23.9 Å². The quantitative estimate of drug-likeness (QED) is 0.197. The Morgan fingerprint density at radius 3 is 0.897 bits per heavy atom. The molecule has 0 aromatic heterocycles. The van der Waals surface area contributed by atoms with E-state index in [1.54, 1.807) is 24.3 Å². The first kappa shape index (κ1) is 44.1. The fourth-order valence-electron chi connectivity index (χ4n) is 11.4. The molecule has 0 radical (unpaired) electrons. The van der Waals surface area contributed by atoms with E-state index in [1.807, 2.05) is 27.7 Å². The molecule has 10 heteroatoms. The highest BCUT2D eigenvalue weighted by molar-refractivity contribution is 6.11. The molecule has 4 unspecified atom stereocenters. The van der Waals surface area contributed by atoms with Gasteiger partial charge in [-0.1, -0.05) is 55.4 Å². The van der Waals surface area contributed by atoms with Crippen molar-refractivity contribution in [3.8, 4) is 0 Å². The van der Waals surface area contributed by atoms with Crippen LogP contribution in [0, 0.1) is 21.7 Å².